The number of benzene rings is 2. The van der Waals surface area contributed by atoms with E-state index in [0.717, 1.165) is 39.5 Å². The first-order valence-corrected chi connectivity index (χ1v) is 17.6. The number of carbonyl (C=O) groups excluding carboxylic acids is 3. The van der Waals surface area contributed by atoms with Crippen molar-refractivity contribution in [2.75, 3.05) is 11.9 Å². The number of nitrogens with zero attached hydrogens (tertiary/aromatic N) is 2. The molecule has 1 aliphatic rings. The second-order valence-corrected chi connectivity index (χ2v) is 16.0. The molecular weight excluding hydrogens is 657 g/mol. The van der Waals surface area contributed by atoms with Crippen molar-refractivity contribution in [3.63, 3.8) is 0 Å². The van der Waals surface area contributed by atoms with Crippen LogP contribution in [0.3, 0.4) is 0 Å². The molecule has 10 nitrogen and oxygen atoms in total. The second kappa shape index (κ2) is 12.6. The predicted octanol–water partition coefficient (Wildman–Crippen LogP) is 6.33. The van der Waals surface area contributed by atoms with E-state index in [0.29, 0.717) is 29.2 Å². The maximum absolute atomic E-state index is 14.3. The molecule has 1 fully saturated rings. The van der Waals surface area contributed by atoms with E-state index in [9.17, 15) is 27.7 Å². The molecule has 2 aromatic heterocycles. The average Bonchev–Trinajstić information content (AvgIpc) is 3.74. The molecule has 244 valence electrons. The summed E-state index contributed by atoms with van der Waals surface area (Å²) < 4.78 is 40.3. The lowest BCUT2D eigenvalue weighted by Gasteiger charge is -2.35. The molecule has 15 heteroatoms. The van der Waals surface area contributed by atoms with Crippen molar-refractivity contribution in [3.8, 4) is 10.4 Å². The van der Waals surface area contributed by atoms with E-state index in [4.69, 9.17) is 9.79 Å². The Labute approximate surface area is 272 Å². The third-order valence-electron chi connectivity index (χ3n) is 7.83. The number of carbonyl (C=O) groups is 3. The molecule has 2 aromatic carbocycles. The molecule has 3 heterocycles. The smallest absolute Gasteiger partial charge is 0.339 e. The molecular formula is C31H33F2N4O6PS2. The number of thiophene rings is 1. The molecule has 3 amide bonds. The van der Waals surface area contributed by atoms with Crippen LogP contribution in [0.2, 0.25) is 0 Å². The Hall–Kier alpha value is -3.55. The van der Waals surface area contributed by atoms with Gasteiger partial charge in [0, 0.05) is 23.0 Å². The number of thiazole rings is 1. The molecule has 46 heavy (non-hydrogen) atoms. The number of halogens is 2. The summed E-state index contributed by atoms with van der Waals surface area (Å²) in [5, 5.41) is 6.24. The highest BCUT2D eigenvalue weighted by molar-refractivity contribution is 7.52. The van der Waals surface area contributed by atoms with E-state index in [1.165, 1.54) is 28.4 Å². The van der Waals surface area contributed by atoms with E-state index in [1.807, 2.05) is 31.2 Å². The van der Waals surface area contributed by atoms with Gasteiger partial charge in [0.15, 0.2) is 5.13 Å². The number of nitrogens with one attached hydrogen (secondary N) is 2. The second-order valence-electron chi connectivity index (χ2n) is 12.2. The zero-order valence-corrected chi connectivity index (χ0v) is 27.9. The highest BCUT2D eigenvalue weighted by Gasteiger charge is 2.50. The molecule has 5 rings (SSSR count). The van der Waals surface area contributed by atoms with Gasteiger partial charge in [-0.15, -0.1) is 11.3 Å². The largest absolute Gasteiger partial charge is 0.399 e. The van der Waals surface area contributed by atoms with Crippen LogP contribution in [0.4, 0.5) is 13.9 Å². The third-order valence-corrected chi connectivity index (χ3v) is 10.9. The van der Waals surface area contributed by atoms with Crippen molar-refractivity contribution >= 4 is 63.2 Å². The quantitative estimate of drug-likeness (QED) is 0.158. The van der Waals surface area contributed by atoms with Crippen LogP contribution in [-0.2, 0) is 19.8 Å². The maximum Gasteiger partial charge on any atom is 0.399 e. The summed E-state index contributed by atoms with van der Waals surface area (Å²) in [6.07, 6.45) is 2.73. The first kappa shape index (κ1) is 33.8. The highest BCUT2D eigenvalue weighted by Crippen LogP contribution is 2.59. The summed E-state index contributed by atoms with van der Waals surface area (Å²) in [4.78, 5) is 65.8. The normalized spacial score (nSPS) is 16.4. The molecule has 0 spiro atoms. The van der Waals surface area contributed by atoms with Crippen LogP contribution >= 0.6 is 30.3 Å². The number of fused-ring (bicyclic) bond motifs is 1. The summed E-state index contributed by atoms with van der Waals surface area (Å²) in [5.74, 6) is -1.42. The lowest BCUT2D eigenvalue weighted by Crippen LogP contribution is -2.57. The Morgan fingerprint density at radius 3 is 2.48 bits per heavy atom. The van der Waals surface area contributed by atoms with Crippen LogP contribution in [0.1, 0.15) is 54.4 Å². The van der Waals surface area contributed by atoms with Gasteiger partial charge in [-0.25, -0.2) is 4.98 Å². The van der Waals surface area contributed by atoms with Crippen LogP contribution in [0, 0.1) is 12.3 Å². The summed E-state index contributed by atoms with van der Waals surface area (Å²) in [7, 11) is -5.77. The molecule has 0 saturated carbocycles. The van der Waals surface area contributed by atoms with Gasteiger partial charge in [-0.05, 0) is 59.9 Å². The molecule has 1 saturated heterocycles. The van der Waals surface area contributed by atoms with Crippen LogP contribution in [0.15, 0.2) is 54.7 Å². The van der Waals surface area contributed by atoms with Crippen molar-refractivity contribution in [2.24, 2.45) is 5.41 Å². The standard InChI is InChI=1S/C31H33F2N4O6PS2/c1-17-8-5-6-9-20(17)24-16-34-29(46-24)36-26(38)21-10-7-13-37(21)28(40)25(30(2,3)4)35-27(39)23-15-18-14-19(11-12-22(18)45-23)31(32,33)44(41,42)43/h5-6,8-9,11-12,14-16,21,25H,7,10,13H2,1-4H3,(H,35,39)(H,34,36,38)(H2,41,42,43)/t21-,25?/m0/s1. The number of aryl methyl sites for hydroxylation is 1. The monoisotopic (exact) mass is 690 g/mol. The number of anilines is 1. The van der Waals surface area contributed by atoms with Crippen LogP contribution in [-0.4, -0.2) is 56.0 Å². The zero-order valence-electron chi connectivity index (χ0n) is 25.4. The Bertz CT molecular complexity index is 1860. The number of rotatable bonds is 8. The first-order chi connectivity index (χ1) is 21.5. The van der Waals surface area contributed by atoms with Crippen LogP contribution in [0.5, 0.6) is 0 Å². The average molecular weight is 691 g/mol. The number of hydrogen-bond acceptors (Lipinski definition) is 7. The Morgan fingerprint density at radius 2 is 1.80 bits per heavy atom. The summed E-state index contributed by atoms with van der Waals surface area (Å²) in [6.45, 7) is 7.67. The minimum atomic E-state index is -5.77. The van der Waals surface area contributed by atoms with Crippen molar-refractivity contribution in [1.29, 1.82) is 0 Å². The van der Waals surface area contributed by atoms with E-state index in [-0.39, 0.29) is 16.2 Å². The fourth-order valence-corrected chi connectivity index (χ4v) is 7.66. The molecule has 4 aromatic rings. The van der Waals surface area contributed by atoms with Crippen LogP contribution in [0.25, 0.3) is 20.5 Å². The zero-order chi connectivity index (χ0) is 33.6. The molecule has 0 radical (unpaired) electrons. The molecule has 0 bridgehead atoms. The Balaban J connectivity index is 1.32. The Kier molecular flexibility index (Phi) is 9.24. The van der Waals surface area contributed by atoms with Gasteiger partial charge >= 0.3 is 13.3 Å². The minimum absolute atomic E-state index is 0.123. The molecule has 1 unspecified atom stereocenters. The lowest BCUT2D eigenvalue weighted by atomic mass is 9.85. The Morgan fingerprint density at radius 1 is 1.09 bits per heavy atom. The van der Waals surface area contributed by atoms with Crippen molar-refractivity contribution < 1.29 is 37.5 Å². The number of alkyl halides is 2. The highest BCUT2D eigenvalue weighted by atomic mass is 32.1. The predicted molar refractivity (Wildman–Crippen MR) is 174 cm³/mol. The van der Waals surface area contributed by atoms with Gasteiger partial charge in [0.1, 0.15) is 12.1 Å². The minimum Gasteiger partial charge on any atom is -0.339 e. The summed E-state index contributed by atoms with van der Waals surface area (Å²) >= 11 is 2.33. The molecule has 2 atom stereocenters. The molecule has 4 N–H and O–H groups in total. The number of amides is 3. The van der Waals surface area contributed by atoms with E-state index in [1.54, 1.807) is 27.0 Å². The number of aromatic nitrogens is 1. The van der Waals surface area contributed by atoms with Crippen molar-refractivity contribution in [3.05, 3.63) is 70.7 Å². The summed E-state index contributed by atoms with van der Waals surface area (Å²) in [6, 6.07) is 10.5. The summed E-state index contributed by atoms with van der Waals surface area (Å²) in [5.41, 5.74) is -3.93. The molecule has 0 aliphatic carbocycles. The van der Waals surface area contributed by atoms with Gasteiger partial charge in [-0.1, -0.05) is 62.4 Å². The maximum atomic E-state index is 14.3. The van der Waals surface area contributed by atoms with Crippen molar-refractivity contribution in [1.82, 2.24) is 15.2 Å². The van der Waals surface area contributed by atoms with Gasteiger partial charge < -0.3 is 25.3 Å². The van der Waals surface area contributed by atoms with E-state index < -0.39 is 48.1 Å². The van der Waals surface area contributed by atoms with E-state index >= 15 is 0 Å². The van der Waals surface area contributed by atoms with Crippen LogP contribution < -0.4 is 10.6 Å². The van der Waals surface area contributed by atoms with Crippen molar-refractivity contribution in [2.45, 2.75) is 58.3 Å². The first-order valence-electron chi connectivity index (χ1n) is 14.4. The van der Waals surface area contributed by atoms with Gasteiger partial charge in [-0.3, -0.25) is 18.9 Å². The van der Waals surface area contributed by atoms with Gasteiger partial charge in [-0.2, -0.15) is 8.78 Å². The topological polar surface area (TPSA) is 149 Å². The van der Waals surface area contributed by atoms with E-state index in [2.05, 4.69) is 15.6 Å². The number of hydrogen-bond donors (Lipinski definition) is 4. The number of likely N-dealkylation sites (tertiary alicyclic amines) is 1. The fraction of sp³-hybridized carbons (Fsp3) is 0.355. The fourth-order valence-electron chi connectivity index (χ4n) is 5.32. The SMILES string of the molecule is Cc1ccccc1-c1cnc(NC(=O)[C@@H]2CCCN2C(=O)C(NC(=O)c2cc3cc(C(F)(F)P(=O)(O)O)ccc3s2)C(C)(C)C)s1. The van der Waals surface area contributed by atoms with Gasteiger partial charge in [0.25, 0.3) is 5.91 Å². The van der Waals surface area contributed by atoms with Gasteiger partial charge in [0.05, 0.1) is 9.75 Å². The lowest BCUT2D eigenvalue weighted by molar-refractivity contribution is -0.140. The third kappa shape index (κ3) is 6.77. The van der Waals surface area contributed by atoms with Gasteiger partial charge in [0.2, 0.25) is 11.8 Å². The molecule has 1 aliphatic heterocycles.